The number of halogens is 1. The normalized spacial score (nSPS) is 11.6. The minimum absolute atomic E-state index is 0.380. The molecule has 0 aliphatic carbocycles. The highest BCUT2D eigenvalue weighted by Crippen LogP contribution is 2.31. The molecule has 3 rings (SSSR count). The molecule has 1 aromatic heterocycles. The molecule has 0 fully saturated rings. The number of aromatic nitrogens is 1. The molecular formula is C16H14ClN. The second-order valence-corrected chi connectivity index (χ2v) is 5.27. The summed E-state index contributed by atoms with van der Waals surface area (Å²) >= 11 is 6.37. The summed E-state index contributed by atoms with van der Waals surface area (Å²) in [6.07, 6.45) is 0. The lowest BCUT2D eigenvalue weighted by molar-refractivity contribution is 0.830. The molecule has 1 heterocycles. The molecular weight excluding hydrogens is 242 g/mol. The highest BCUT2D eigenvalue weighted by molar-refractivity contribution is 6.36. The maximum Gasteiger partial charge on any atom is 0.0798 e. The van der Waals surface area contributed by atoms with E-state index in [2.05, 4.69) is 38.1 Å². The number of pyridine rings is 1. The molecule has 0 spiro atoms. The number of hydrogen-bond acceptors (Lipinski definition) is 1. The highest BCUT2D eigenvalue weighted by atomic mass is 35.5. The molecule has 0 unspecified atom stereocenters. The summed E-state index contributed by atoms with van der Waals surface area (Å²) in [6, 6.07) is 14.4. The molecule has 2 aromatic carbocycles. The smallest absolute Gasteiger partial charge is 0.0798 e. The summed E-state index contributed by atoms with van der Waals surface area (Å²) in [6.45, 7) is 4.27. The van der Waals surface area contributed by atoms with Crippen LogP contribution in [0.25, 0.3) is 21.7 Å². The first-order valence-corrected chi connectivity index (χ1v) is 6.52. The Kier molecular flexibility index (Phi) is 2.71. The van der Waals surface area contributed by atoms with Crippen LogP contribution in [0.4, 0.5) is 0 Å². The Morgan fingerprint density at radius 1 is 1.00 bits per heavy atom. The van der Waals surface area contributed by atoms with Gasteiger partial charge in [-0.1, -0.05) is 61.8 Å². The van der Waals surface area contributed by atoms with Gasteiger partial charge in [-0.3, -0.25) is 4.98 Å². The fourth-order valence-electron chi connectivity index (χ4n) is 2.23. The molecule has 1 nitrogen and oxygen atoms in total. The Labute approximate surface area is 111 Å². The lowest BCUT2D eigenvalue weighted by Crippen LogP contribution is -1.94. The van der Waals surface area contributed by atoms with Crippen molar-refractivity contribution in [3.63, 3.8) is 0 Å². The fourth-order valence-corrected chi connectivity index (χ4v) is 2.50. The molecule has 0 bridgehead atoms. The minimum atomic E-state index is 0.380. The third-order valence-corrected chi connectivity index (χ3v) is 3.58. The van der Waals surface area contributed by atoms with Crippen LogP contribution < -0.4 is 0 Å². The summed E-state index contributed by atoms with van der Waals surface area (Å²) < 4.78 is 0. The maximum atomic E-state index is 6.37. The van der Waals surface area contributed by atoms with Gasteiger partial charge in [-0.05, 0) is 17.4 Å². The quantitative estimate of drug-likeness (QED) is 0.547. The molecule has 0 atom stereocenters. The average molecular weight is 256 g/mol. The van der Waals surface area contributed by atoms with Crippen molar-refractivity contribution in [3.8, 4) is 0 Å². The van der Waals surface area contributed by atoms with Crippen molar-refractivity contribution < 1.29 is 0 Å². The van der Waals surface area contributed by atoms with Crippen LogP contribution in [0.1, 0.15) is 25.5 Å². The third-order valence-electron chi connectivity index (χ3n) is 3.26. The minimum Gasteiger partial charge on any atom is -0.252 e. The first-order valence-electron chi connectivity index (χ1n) is 6.14. The number of rotatable bonds is 1. The van der Waals surface area contributed by atoms with Crippen molar-refractivity contribution in [2.24, 2.45) is 0 Å². The summed E-state index contributed by atoms with van der Waals surface area (Å²) in [4.78, 5) is 4.78. The Morgan fingerprint density at radius 2 is 1.78 bits per heavy atom. The number of benzene rings is 2. The van der Waals surface area contributed by atoms with Crippen molar-refractivity contribution in [2.75, 3.05) is 0 Å². The first kappa shape index (κ1) is 11.5. The SMILES string of the molecule is CC(C)c1cc(Cl)c2ccc3ccccc3c2n1. The highest BCUT2D eigenvalue weighted by Gasteiger charge is 2.09. The molecule has 0 saturated carbocycles. The second-order valence-electron chi connectivity index (χ2n) is 4.87. The van der Waals surface area contributed by atoms with Gasteiger partial charge in [0, 0.05) is 16.5 Å². The van der Waals surface area contributed by atoms with E-state index < -0.39 is 0 Å². The standard InChI is InChI=1S/C16H14ClN/c1-10(2)15-9-14(17)13-8-7-11-5-3-4-6-12(11)16(13)18-15/h3-10H,1-2H3. The summed E-state index contributed by atoms with van der Waals surface area (Å²) in [7, 11) is 0. The van der Waals surface area contributed by atoms with Crippen LogP contribution in [0.15, 0.2) is 42.5 Å². The van der Waals surface area contributed by atoms with E-state index in [1.54, 1.807) is 0 Å². The topological polar surface area (TPSA) is 12.9 Å². The molecule has 18 heavy (non-hydrogen) atoms. The Bertz CT molecular complexity index is 732. The van der Waals surface area contributed by atoms with Crippen LogP contribution in [0.5, 0.6) is 0 Å². The summed E-state index contributed by atoms with van der Waals surface area (Å²) in [5.41, 5.74) is 2.05. The Hall–Kier alpha value is -1.60. The van der Waals surface area contributed by atoms with E-state index in [1.165, 1.54) is 10.8 Å². The zero-order chi connectivity index (χ0) is 12.7. The van der Waals surface area contributed by atoms with E-state index in [0.717, 1.165) is 21.6 Å². The van der Waals surface area contributed by atoms with Gasteiger partial charge < -0.3 is 0 Å². The monoisotopic (exact) mass is 255 g/mol. The van der Waals surface area contributed by atoms with Crippen molar-refractivity contribution in [3.05, 3.63) is 53.2 Å². The van der Waals surface area contributed by atoms with Gasteiger partial charge in [0.25, 0.3) is 0 Å². The molecule has 0 aliphatic rings. The van der Waals surface area contributed by atoms with Gasteiger partial charge in [-0.25, -0.2) is 0 Å². The largest absolute Gasteiger partial charge is 0.252 e. The average Bonchev–Trinajstić information content (AvgIpc) is 2.38. The van der Waals surface area contributed by atoms with E-state index in [1.807, 2.05) is 18.2 Å². The third kappa shape index (κ3) is 1.75. The zero-order valence-electron chi connectivity index (χ0n) is 10.4. The van der Waals surface area contributed by atoms with E-state index in [9.17, 15) is 0 Å². The van der Waals surface area contributed by atoms with Gasteiger partial charge in [-0.2, -0.15) is 0 Å². The van der Waals surface area contributed by atoms with Crippen LogP contribution in [0, 0.1) is 0 Å². The van der Waals surface area contributed by atoms with Crippen LogP contribution >= 0.6 is 11.6 Å². The second kappa shape index (κ2) is 4.25. The number of hydrogen-bond donors (Lipinski definition) is 0. The van der Waals surface area contributed by atoms with Crippen LogP contribution in [-0.2, 0) is 0 Å². The van der Waals surface area contributed by atoms with Crippen LogP contribution in [0.3, 0.4) is 0 Å². The van der Waals surface area contributed by atoms with Gasteiger partial charge in [0.05, 0.1) is 10.5 Å². The predicted molar refractivity (Wildman–Crippen MR) is 78.3 cm³/mol. The molecule has 3 aromatic rings. The fraction of sp³-hybridized carbons (Fsp3) is 0.188. The molecule has 0 saturated heterocycles. The zero-order valence-corrected chi connectivity index (χ0v) is 11.2. The lowest BCUT2D eigenvalue weighted by atomic mass is 10.0. The summed E-state index contributed by atoms with van der Waals surface area (Å²) in [5, 5.41) is 4.18. The van der Waals surface area contributed by atoms with Crippen molar-refractivity contribution in [2.45, 2.75) is 19.8 Å². The first-order chi connectivity index (χ1) is 8.66. The molecule has 0 aliphatic heterocycles. The van der Waals surface area contributed by atoms with Crippen molar-refractivity contribution in [1.29, 1.82) is 0 Å². The van der Waals surface area contributed by atoms with E-state index in [-0.39, 0.29) is 0 Å². The number of fused-ring (bicyclic) bond motifs is 3. The van der Waals surface area contributed by atoms with E-state index in [0.29, 0.717) is 5.92 Å². The van der Waals surface area contributed by atoms with E-state index >= 15 is 0 Å². The van der Waals surface area contributed by atoms with Gasteiger partial charge >= 0.3 is 0 Å². The molecule has 0 N–H and O–H groups in total. The van der Waals surface area contributed by atoms with Crippen molar-refractivity contribution in [1.82, 2.24) is 4.98 Å². The Morgan fingerprint density at radius 3 is 2.56 bits per heavy atom. The van der Waals surface area contributed by atoms with E-state index in [4.69, 9.17) is 16.6 Å². The van der Waals surface area contributed by atoms with Gasteiger partial charge in [0.2, 0.25) is 0 Å². The number of nitrogens with zero attached hydrogens (tertiary/aromatic N) is 1. The van der Waals surface area contributed by atoms with Gasteiger partial charge in [0.1, 0.15) is 0 Å². The van der Waals surface area contributed by atoms with Crippen molar-refractivity contribution >= 4 is 33.3 Å². The summed E-state index contributed by atoms with van der Waals surface area (Å²) in [5.74, 6) is 0.380. The van der Waals surface area contributed by atoms with Crippen LogP contribution in [-0.4, -0.2) is 4.98 Å². The molecule has 90 valence electrons. The lowest BCUT2D eigenvalue weighted by Gasteiger charge is -2.10. The van der Waals surface area contributed by atoms with Gasteiger partial charge in [-0.15, -0.1) is 0 Å². The molecule has 0 amide bonds. The Balaban J connectivity index is 2.48. The van der Waals surface area contributed by atoms with Crippen LogP contribution in [0.2, 0.25) is 5.02 Å². The molecule has 2 heteroatoms. The maximum absolute atomic E-state index is 6.37. The predicted octanol–water partition coefficient (Wildman–Crippen LogP) is 5.16. The molecule has 0 radical (unpaired) electrons. The van der Waals surface area contributed by atoms with Gasteiger partial charge in [0.15, 0.2) is 0 Å².